The molecule has 0 amide bonds. The van der Waals surface area contributed by atoms with Gasteiger partial charge in [-0.3, -0.25) is 15.1 Å². The molecule has 0 atom stereocenters. The molecule has 0 spiro atoms. The number of nitrogens with one attached hydrogen (secondary N) is 1. The van der Waals surface area contributed by atoms with Gasteiger partial charge in [0, 0.05) is 24.8 Å². The van der Waals surface area contributed by atoms with Crippen molar-refractivity contribution >= 4 is 5.69 Å². The second kappa shape index (κ2) is 6.21. The van der Waals surface area contributed by atoms with E-state index >= 15 is 0 Å². The van der Waals surface area contributed by atoms with Crippen LogP contribution in [0, 0.1) is 22.9 Å². The number of aryl methyl sites for hydroxylation is 1. The van der Waals surface area contributed by atoms with Gasteiger partial charge in [-0.1, -0.05) is 12.1 Å². The van der Waals surface area contributed by atoms with Crippen LogP contribution < -0.4 is 5.32 Å². The molecule has 0 bridgehead atoms. The highest BCUT2D eigenvalue weighted by atomic mass is 19.1. The van der Waals surface area contributed by atoms with E-state index in [-0.39, 0.29) is 0 Å². The van der Waals surface area contributed by atoms with E-state index in [1.54, 1.807) is 0 Å². The smallest absolute Gasteiger partial charge is 0.304 e. The van der Waals surface area contributed by atoms with E-state index in [9.17, 15) is 14.5 Å². The Labute approximate surface area is 115 Å². The summed E-state index contributed by atoms with van der Waals surface area (Å²) in [5, 5.41) is 13.6. The van der Waals surface area contributed by atoms with E-state index in [1.165, 1.54) is 18.2 Å². The van der Waals surface area contributed by atoms with Gasteiger partial charge in [0.05, 0.1) is 10.6 Å². The molecule has 1 heterocycles. The van der Waals surface area contributed by atoms with Crippen LogP contribution in [-0.2, 0) is 13.1 Å². The first-order valence-electron chi connectivity index (χ1n) is 6.12. The molecule has 0 unspecified atom stereocenters. The van der Waals surface area contributed by atoms with Gasteiger partial charge in [0.1, 0.15) is 0 Å². The van der Waals surface area contributed by atoms with Crippen molar-refractivity contribution in [3.8, 4) is 0 Å². The predicted molar refractivity (Wildman–Crippen MR) is 72.6 cm³/mol. The number of nitro groups is 1. The number of hydrogen-bond donors (Lipinski definition) is 1. The molecule has 2 aromatic rings. The number of nitro benzene ring substituents is 1. The molecule has 0 aliphatic carbocycles. The molecule has 1 aromatic heterocycles. The monoisotopic (exact) mass is 275 g/mol. The summed E-state index contributed by atoms with van der Waals surface area (Å²) in [7, 11) is 0. The van der Waals surface area contributed by atoms with Crippen molar-refractivity contribution in [2.45, 2.75) is 20.0 Å². The number of aromatic nitrogens is 1. The number of hydrogen-bond acceptors (Lipinski definition) is 4. The molecule has 0 fully saturated rings. The van der Waals surface area contributed by atoms with Gasteiger partial charge in [-0.05, 0) is 30.7 Å². The van der Waals surface area contributed by atoms with Crippen LogP contribution in [0.25, 0.3) is 0 Å². The van der Waals surface area contributed by atoms with Crippen molar-refractivity contribution in [2.24, 2.45) is 0 Å². The molecule has 5 nitrogen and oxygen atoms in total. The lowest BCUT2D eigenvalue weighted by Gasteiger charge is -2.05. The topological polar surface area (TPSA) is 68.1 Å². The van der Waals surface area contributed by atoms with Crippen LogP contribution in [-0.4, -0.2) is 9.91 Å². The third-order valence-corrected chi connectivity index (χ3v) is 2.79. The van der Waals surface area contributed by atoms with E-state index in [1.807, 2.05) is 25.1 Å². The van der Waals surface area contributed by atoms with Crippen molar-refractivity contribution in [1.29, 1.82) is 0 Å². The fourth-order valence-corrected chi connectivity index (χ4v) is 1.84. The normalized spacial score (nSPS) is 10.5. The number of pyridine rings is 1. The van der Waals surface area contributed by atoms with Gasteiger partial charge in [0.25, 0.3) is 0 Å². The minimum absolute atomic E-state index is 0.421. The van der Waals surface area contributed by atoms with Crippen LogP contribution in [0.15, 0.2) is 36.4 Å². The Hall–Kier alpha value is -2.34. The summed E-state index contributed by atoms with van der Waals surface area (Å²) in [6.45, 7) is 2.89. The molecular formula is C14H14FN3O2. The summed E-state index contributed by atoms with van der Waals surface area (Å²) >= 11 is 0. The second-order valence-corrected chi connectivity index (χ2v) is 4.42. The fourth-order valence-electron chi connectivity index (χ4n) is 1.84. The Kier molecular flexibility index (Phi) is 4.37. The molecule has 6 heteroatoms. The third kappa shape index (κ3) is 3.58. The average molecular weight is 275 g/mol. The second-order valence-electron chi connectivity index (χ2n) is 4.42. The van der Waals surface area contributed by atoms with Crippen molar-refractivity contribution in [3.63, 3.8) is 0 Å². The zero-order valence-corrected chi connectivity index (χ0v) is 11.0. The largest absolute Gasteiger partial charge is 0.307 e. The highest BCUT2D eigenvalue weighted by molar-refractivity contribution is 5.34. The summed E-state index contributed by atoms with van der Waals surface area (Å²) in [6.07, 6.45) is 0. The zero-order chi connectivity index (χ0) is 14.5. The highest BCUT2D eigenvalue weighted by Crippen LogP contribution is 2.17. The molecule has 2 rings (SSSR count). The SMILES string of the molecule is Cc1cccc(CNCc2ccc([N+](=O)[O-])c(F)c2)n1. The lowest BCUT2D eigenvalue weighted by Crippen LogP contribution is -2.14. The molecule has 1 aromatic carbocycles. The van der Waals surface area contributed by atoms with Crippen molar-refractivity contribution in [1.82, 2.24) is 10.3 Å². The number of nitrogens with zero attached hydrogens (tertiary/aromatic N) is 2. The van der Waals surface area contributed by atoms with Gasteiger partial charge in [0.2, 0.25) is 5.82 Å². The van der Waals surface area contributed by atoms with Gasteiger partial charge >= 0.3 is 5.69 Å². The van der Waals surface area contributed by atoms with Crippen LogP contribution >= 0.6 is 0 Å². The zero-order valence-electron chi connectivity index (χ0n) is 11.0. The van der Waals surface area contributed by atoms with Gasteiger partial charge in [-0.2, -0.15) is 4.39 Å². The van der Waals surface area contributed by atoms with Gasteiger partial charge in [-0.15, -0.1) is 0 Å². The maximum atomic E-state index is 13.4. The minimum atomic E-state index is -0.817. The number of rotatable bonds is 5. The number of benzene rings is 1. The molecule has 1 N–H and O–H groups in total. The molecule has 104 valence electrons. The molecular weight excluding hydrogens is 261 g/mol. The third-order valence-electron chi connectivity index (χ3n) is 2.79. The molecule has 0 saturated heterocycles. The first-order chi connectivity index (χ1) is 9.56. The first-order valence-corrected chi connectivity index (χ1v) is 6.12. The molecule has 0 radical (unpaired) electrons. The van der Waals surface area contributed by atoms with Crippen LogP contribution in [0.3, 0.4) is 0 Å². The Bertz CT molecular complexity index is 632. The standard InChI is InChI=1S/C14H14FN3O2/c1-10-3-2-4-12(17-10)9-16-8-11-5-6-14(18(19)20)13(15)7-11/h2-7,16H,8-9H2,1H3. The van der Waals surface area contributed by atoms with E-state index in [0.29, 0.717) is 18.7 Å². The summed E-state index contributed by atoms with van der Waals surface area (Å²) in [5.74, 6) is -0.817. The van der Waals surface area contributed by atoms with Gasteiger partial charge in [-0.25, -0.2) is 0 Å². The first kappa shape index (κ1) is 14.1. The van der Waals surface area contributed by atoms with Gasteiger partial charge < -0.3 is 5.32 Å². The maximum Gasteiger partial charge on any atom is 0.304 e. The average Bonchev–Trinajstić information content (AvgIpc) is 2.38. The van der Waals surface area contributed by atoms with E-state index in [0.717, 1.165) is 11.4 Å². The van der Waals surface area contributed by atoms with E-state index < -0.39 is 16.4 Å². The molecule has 0 aliphatic heterocycles. The summed E-state index contributed by atoms with van der Waals surface area (Å²) < 4.78 is 13.4. The Morgan fingerprint density at radius 2 is 2.10 bits per heavy atom. The van der Waals surface area contributed by atoms with Crippen molar-refractivity contribution in [2.75, 3.05) is 0 Å². The Balaban J connectivity index is 1.94. The Morgan fingerprint density at radius 1 is 1.30 bits per heavy atom. The summed E-state index contributed by atoms with van der Waals surface area (Å²) in [6, 6.07) is 9.63. The van der Waals surface area contributed by atoms with Crippen LogP contribution in [0.1, 0.15) is 17.0 Å². The van der Waals surface area contributed by atoms with E-state index in [2.05, 4.69) is 10.3 Å². The van der Waals surface area contributed by atoms with Crippen molar-refractivity contribution in [3.05, 3.63) is 69.3 Å². The molecule has 0 saturated carbocycles. The fraction of sp³-hybridized carbons (Fsp3) is 0.214. The summed E-state index contributed by atoms with van der Waals surface area (Å²) in [5.41, 5.74) is 1.98. The quantitative estimate of drug-likeness (QED) is 0.673. The van der Waals surface area contributed by atoms with Crippen LogP contribution in [0.2, 0.25) is 0 Å². The summed E-state index contributed by atoms with van der Waals surface area (Å²) in [4.78, 5) is 14.1. The lowest BCUT2D eigenvalue weighted by molar-refractivity contribution is -0.387. The number of halogens is 1. The van der Waals surface area contributed by atoms with Crippen LogP contribution in [0.5, 0.6) is 0 Å². The predicted octanol–water partition coefficient (Wildman–Crippen LogP) is 2.73. The maximum absolute atomic E-state index is 13.4. The minimum Gasteiger partial charge on any atom is -0.307 e. The van der Waals surface area contributed by atoms with Crippen molar-refractivity contribution < 1.29 is 9.31 Å². The van der Waals surface area contributed by atoms with Gasteiger partial charge in [0.15, 0.2) is 0 Å². The molecule has 20 heavy (non-hydrogen) atoms. The Morgan fingerprint density at radius 3 is 2.75 bits per heavy atom. The van der Waals surface area contributed by atoms with Crippen LogP contribution in [0.4, 0.5) is 10.1 Å². The molecule has 0 aliphatic rings. The highest BCUT2D eigenvalue weighted by Gasteiger charge is 2.13. The lowest BCUT2D eigenvalue weighted by atomic mass is 10.2. The van der Waals surface area contributed by atoms with E-state index in [4.69, 9.17) is 0 Å².